The number of nitrogens with one attached hydrogen (secondary N) is 1. The maximum absolute atomic E-state index is 13.3. The summed E-state index contributed by atoms with van der Waals surface area (Å²) in [6, 6.07) is 3.52. The van der Waals surface area contributed by atoms with Crippen LogP contribution in [0.1, 0.15) is 50.9 Å². The molecule has 0 spiro atoms. The second kappa shape index (κ2) is 6.70. The van der Waals surface area contributed by atoms with Gasteiger partial charge in [-0.15, -0.1) is 0 Å². The molecular formula is C16H22FNO3. The number of carboxylic acids is 1. The van der Waals surface area contributed by atoms with E-state index in [9.17, 15) is 14.0 Å². The molecule has 2 N–H and O–H groups in total. The molecule has 0 heterocycles. The molecule has 1 rings (SSSR count). The summed E-state index contributed by atoms with van der Waals surface area (Å²) in [5.41, 5.74) is -0.0104. The predicted octanol–water partition coefficient (Wildman–Crippen LogP) is 3.92. The molecular weight excluding hydrogens is 273 g/mol. The highest BCUT2D eigenvalue weighted by Gasteiger charge is 2.18. The molecule has 1 atom stereocenters. The maximum Gasteiger partial charge on any atom is 0.338 e. The standard InChI is InChI=1S/C16H22FNO3/c1-10(9-16(2,3)4)7-14(19)18-11-5-6-13(17)12(8-11)15(20)21/h5-6,8,10H,7,9H2,1-4H3,(H,18,19)(H,20,21). The highest BCUT2D eigenvalue weighted by atomic mass is 19.1. The van der Waals surface area contributed by atoms with E-state index in [1.807, 2.05) is 6.92 Å². The van der Waals surface area contributed by atoms with E-state index >= 15 is 0 Å². The zero-order valence-electron chi connectivity index (χ0n) is 12.9. The van der Waals surface area contributed by atoms with E-state index in [1.165, 1.54) is 6.07 Å². The Labute approximate surface area is 124 Å². The van der Waals surface area contributed by atoms with E-state index in [2.05, 4.69) is 26.1 Å². The van der Waals surface area contributed by atoms with Gasteiger partial charge in [0.15, 0.2) is 0 Å². The van der Waals surface area contributed by atoms with E-state index in [4.69, 9.17) is 5.11 Å². The summed E-state index contributed by atoms with van der Waals surface area (Å²) < 4.78 is 13.3. The molecule has 0 aliphatic rings. The van der Waals surface area contributed by atoms with Gasteiger partial charge >= 0.3 is 5.97 Å². The molecule has 4 nitrogen and oxygen atoms in total. The van der Waals surface area contributed by atoms with Crippen molar-refractivity contribution in [3.63, 3.8) is 0 Å². The minimum absolute atomic E-state index is 0.145. The van der Waals surface area contributed by atoms with Crippen LogP contribution in [0, 0.1) is 17.2 Å². The van der Waals surface area contributed by atoms with Crippen LogP contribution in [0.3, 0.4) is 0 Å². The number of halogens is 1. The highest BCUT2D eigenvalue weighted by Crippen LogP contribution is 2.26. The summed E-state index contributed by atoms with van der Waals surface area (Å²) in [7, 11) is 0. The van der Waals surface area contributed by atoms with E-state index < -0.39 is 17.3 Å². The quantitative estimate of drug-likeness (QED) is 0.865. The molecule has 21 heavy (non-hydrogen) atoms. The Hall–Kier alpha value is -1.91. The van der Waals surface area contributed by atoms with Crippen molar-refractivity contribution in [1.29, 1.82) is 0 Å². The first-order chi connectivity index (χ1) is 9.58. The lowest BCUT2D eigenvalue weighted by Gasteiger charge is -2.22. The van der Waals surface area contributed by atoms with E-state index in [-0.39, 0.29) is 17.2 Å². The minimum Gasteiger partial charge on any atom is -0.478 e. The number of anilines is 1. The van der Waals surface area contributed by atoms with Crippen LogP contribution >= 0.6 is 0 Å². The van der Waals surface area contributed by atoms with E-state index in [0.29, 0.717) is 12.1 Å². The van der Waals surface area contributed by atoms with Gasteiger partial charge < -0.3 is 10.4 Å². The molecule has 1 aromatic rings. The van der Waals surface area contributed by atoms with Crippen molar-refractivity contribution in [3.05, 3.63) is 29.6 Å². The SMILES string of the molecule is CC(CC(=O)Nc1ccc(F)c(C(=O)O)c1)CC(C)(C)C. The number of carbonyl (C=O) groups excluding carboxylic acids is 1. The van der Waals surface area contributed by atoms with Gasteiger partial charge in [0.1, 0.15) is 5.82 Å². The van der Waals surface area contributed by atoms with Crippen LogP contribution in [0.5, 0.6) is 0 Å². The zero-order valence-corrected chi connectivity index (χ0v) is 12.9. The van der Waals surface area contributed by atoms with Crippen LogP contribution in [0.25, 0.3) is 0 Å². The van der Waals surface area contributed by atoms with Crippen LogP contribution in [-0.2, 0) is 4.79 Å². The van der Waals surface area contributed by atoms with Gasteiger partial charge in [-0.1, -0.05) is 27.7 Å². The lowest BCUT2D eigenvalue weighted by molar-refractivity contribution is -0.117. The summed E-state index contributed by atoms with van der Waals surface area (Å²) >= 11 is 0. The molecule has 5 heteroatoms. The molecule has 0 aromatic heterocycles. The number of rotatable bonds is 5. The van der Waals surface area contributed by atoms with E-state index in [0.717, 1.165) is 18.6 Å². The van der Waals surface area contributed by atoms with Crippen LogP contribution in [0.4, 0.5) is 10.1 Å². The number of benzene rings is 1. The molecule has 1 amide bonds. The summed E-state index contributed by atoms with van der Waals surface area (Å²) in [5, 5.41) is 11.5. The summed E-state index contributed by atoms with van der Waals surface area (Å²) in [6.07, 6.45) is 1.25. The van der Waals surface area contributed by atoms with Crippen molar-refractivity contribution in [1.82, 2.24) is 0 Å². The molecule has 0 bridgehead atoms. The van der Waals surface area contributed by atoms with Crippen molar-refractivity contribution in [2.24, 2.45) is 11.3 Å². The zero-order chi connectivity index (χ0) is 16.2. The smallest absolute Gasteiger partial charge is 0.338 e. The third-order valence-electron chi connectivity index (χ3n) is 2.98. The second-order valence-electron chi connectivity index (χ2n) is 6.62. The van der Waals surface area contributed by atoms with Crippen molar-refractivity contribution < 1.29 is 19.1 Å². The molecule has 116 valence electrons. The number of hydrogen-bond donors (Lipinski definition) is 2. The van der Waals surface area contributed by atoms with Gasteiger partial charge in [0.25, 0.3) is 0 Å². The van der Waals surface area contributed by atoms with E-state index in [1.54, 1.807) is 0 Å². The highest BCUT2D eigenvalue weighted by molar-refractivity contribution is 5.94. The van der Waals surface area contributed by atoms with Gasteiger partial charge in [-0.3, -0.25) is 4.79 Å². The fraction of sp³-hybridized carbons (Fsp3) is 0.500. The number of carbonyl (C=O) groups is 2. The second-order valence-corrected chi connectivity index (χ2v) is 6.62. The van der Waals surface area contributed by atoms with Gasteiger partial charge in [-0.25, -0.2) is 9.18 Å². The molecule has 0 saturated carbocycles. The molecule has 0 radical (unpaired) electrons. The molecule has 1 unspecified atom stereocenters. The largest absolute Gasteiger partial charge is 0.478 e. The fourth-order valence-corrected chi connectivity index (χ4v) is 2.41. The van der Waals surface area contributed by atoms with Crippen LogP contribution in [-0.4, -0.2) is 17.0 Å². The molecule has 0 fully saturated rings. The van der Waals surface area contributed by atoms with Crippen LogP contribution in [0.15, 0.2) is 18.2 Å². The topological polar surface area (TPSA) is 66.4 Å². The first kappa shape index (κ1) is 17.1. The Morgan fingerprint density at radius 2 is 1.95 bits per heavy atom. The number of aromatic carboxylic acids is 1. The lowest BCUT2D eigenvalue weighted by atomic mass is 9.84. The Morgan fingerprint density at radius 1 is 1.33 bits per heavy atom. The monoisotopic (exact) mass is 295 g/mol. The summed E-state index contributed by atoms with van der Waals surface area (Å²) in [5.74, 6) is -2.16. The van der Waals surface area contributed by atoms with Crippen molar-refractivity contribution in [3.8, 4) is 0 Å². The van der Waals surface area contributed by atoms with Crippen LogP contribution < -0.4 is 5.32 Å². The Kier molecular flexibility index (Phi) is 5.47. The van der Waals surface area contributed by atoms with Crippen molar-refractivity contribution >= 4 is 17.6 Å². The average Bonchev–Trinajstić information content (AvgIpc) is 2.28. The number of amides is 1. The average molecular weight is 295 g/mol. The Balaban J connectivity index is 2.67. The van der Waals surface area contributed by atoms with Gasteiger partial charge in [-0.2, -0.15) is 0 Å². The Bertz CT molecular complexity index is 535. The van der Waals surface area contributed by atoms with Gasteiger partial charge in [0.2, 0.25) is 5.91 Å². The normalized spacial score (nSPS) is 12.8. The number of carboxylic acid groups (broad SMARTS) is 1. The molecule has 1 aromatic carbocycles. The first-order valence-corrected chi connectivity index (χ1v) is 6.91. The summed E-state index contributed by atoms with van der Waals surface area (Å²) in [4.78, 5) is 22.8. The molecule has 0 aliphatic heterocycles. The predicted molar refractivity (Wildman–Crippen MR) is 79.8 cm³/mol. The van der Waals surface area contributed by atoms with Crippen molar-refractivity contribution in [2.45, 2.75) is 40.5 Å². The Morgan fingerprint density at radius 3 is 2.48 bits per heavy atom. The van der Waals surface area contributed by atoms with Crippen molar-refractivity contribution in [2.75, 3.05) is 5.32 Å². The summed E-state index contributed by atoms with van der Waals surface area (Å²) in [6.45, 7) is 8.33. The third-order valence-corrected chi connectivity index (χ3v) is 2.98. The van der Waals surface area contributed by atoms with Gasteiger partial charge in [0, 0.05) is 12.1 Å². The fourth-order valence-electron chi connectivity index (χ4n) is 2.41. The minimum atomic E-state index is -1.36. The first-order valence-electron chi connectivity index (χ1n) is 6.91. The molecule has 0 saturated heterocycles. The molecule has 0 aliphatic carbocycles. The third kappa shape index (κ3) is 5.94. The van der Waals surface area contributed by atoms with Gasteiger partial charge in [0.05, 0.1) is 5.56 Å². The van der Waals surface area contributed by atoms with Crippen LogP contribution in [0.2, 0.25) is 0 Å². The maximum atomic E-state index is 13.3. The number of hydrogen-bond acceptors (Lipinski definition) is 2. The van der Waals surface area contributed by atoms with Gasteiger partial charge in [-0.05, 0) is 36.0 Å². The lowest BCUT2D eigenvalue weighted by Crippen LogP contribution is -2.19.